The van der Waals surface area contributed by atoms with Crippen LogP contribution in [-0.4, -0.2) is 49.3 Å². The van der Waals surface area contributed by atoms with Crippen LogP contribution >= 0.6 is 0 Å². The van der Waals surface area contributed by atoms with Gasteiger partial charge < -0.3 is 9.45 Å². The highest BCUT2D eigenvalue weighted by Gasteiger charge is 2.17. The SMILES string of the molecule is CCN(Cc1cccc(S(=O)(=O)[O-])c1)c1ccc(C(=C2C=CC(=[N+](CC)Cc3cccc(S(=O)(=O)O)c3)C=C2)c2ccccc2)cc1. The van der Waals surface area contributed by atoms with E-state index < -0.39 is 20.2 Å². The Morgan fingerprint density at radius 2 is 1.32 bits per heavy atom. The summed E-state index contributed by atoms with van der Waals surface area (Å²) >= 11 is 0. The topological polar surface area (TPSA) is 118 Å². The van der Waals surface area contributed by atoms with Gasteiger partial charge in [0, 0.05) is 36.5 Å². The first-order chi connectivity index (χ1) is 22.5. The standard InChI is InChI=1S/C37H36N2O6S2/c1-3-38(26-28-10-8-14-35(24-28)46(40,41)42)33-20-16-31(17-21-33)37(30-12-6-5-7-13-30)32-18-22-34(23-19-32)39(4-2)27-29-11-9-15-36(25-29)47(43,44)45/h5-25H,3-4,26-27H2,1-2H3,(H-,40,41,42,43,44,45). The van der Waals surface area contributed by atoms with Gasteiger partial charge in [0.1, 0.15) is 16.7 Å². The van der Waals surface area contributed by atoms with Crippen LogP contribution in [0.15, 0.2) is 143 Å². The molecule has 0 fully saturated rings. The van der Waals surface area contributed by atoms with E-state index in [1.54, 1.807) is 12.1 Å². The molecule has 0 saturated carbocycles. The molecule has 5 rings (SSSR count). The minimum atomic E-state index is -4.53. The van der Waals surface area contributed by atoms with Crippen LogP contribution in [0.4, 0.5) is 5.69 Å². The van der Waals surface area contributed by atoms with Gasteiger partial charge in [0.15, 0.2) is 12.3 Å². The maximum Gasteiger partial charge on any atom is 0.294 e. The first kappa shape index (κ1) is 33.7. The van der Waals surface area contributed by atoms with E-state index >= 15 is 0 Å². The molecule has 4 aromatic rings. The zero-order valence-electron chi connectivity index (χ0n) is 26.2. The Bertz CT molecular complexity index is 2080. The van der Waals surface area contributed by atoms with E-state index in [1.807, 2.05) is 56.3 Å². The van der Waals surface area contributed by atoms with Crippen LogP contribution in [0.1, 0.15) is 36.1 Å². The molecule has 0 aromatic heterocycles. The average molecular weight is 669 g/mol. The van der Waals surface area contributed by atoms with Crippen molar-refractivity contribution < 1.29 is 30.5 Å². The number of hydrogen-bond acceptors (Lipinski definition) is 6. The van der Waals surface area contributed by atoms with Gasteiger partial charge in [-0.15, -0.1) is 0 Å². The number of benzene rings is 4. The second-order valence-electron chi connectivity index (χ2n) is 11.1. The molecule has 0 unspecified atom stereocenters. The molecule has 1 N–H and O–H groups in total. The third kappa shape index (κ3) is 8.41. The molecule has 0 atom stereocenters. The summed E-state index contributed by atoms with van der Waals surface area (Å²) in [6.07, 6.45) is 8.27. The van der Waals surface area contributed by atoms with Crippen molar-refractivity contribution in [2.75, 3.05) is 18.0 Å². The lowest BCUT2D eigenvalue weighted by atomic mass is 9.90. The van der Waals surface area contributed by atoms with Crippen LogP contribution in [0.5, 0.6) is 0 Å². The maximum absolute atomic E-state index is 11.6. The zero-order chi connectivity index (χ0) is 33.6. The molecule has 8 nitrogen and oxygen atoms in total. The Kier molecular flexibility index (Phi) is 10.4. The van der Waals surface area contributed by atoms with Gasteiger partial charge in [-0.1, -0.05) is 66.7 Å². The summed E-state index contributed by atoms with van der Waals surface area (Å²) in [6, 6.07) is 30.9. The van der Waals surface area contributed by atoms with Gasteiger partial charge in [-0.25, -0.2) is 13.0 Å². The Labute approximate surface area is 276 Å². The Balaban J connectivity index is 1.44. The molecule has 0 aliphatic heterocycles. The Morgan fingerprint density at radius 3 is 1.91 bits per heavy atom. The molecule has 0 spiro atoms. The molecule has 10 heteroatoms. The van der Waals surface area contributed by atoms with Crippen molar-refractivity contribution in [1.29, 1.82) is 0 Å². The van der Waals surface area contributed by atoms with E-state index in [-0.39, 0.29) is 9.79 Å². The lowest BCUT2D eigenvalue weighted by Gasteiger charge is -2.24. The van der Waals surface area contributed by atoms with Crippen molar-refractivity contribution >= 4 is 37.2 Å². The second-order valence-corrected chi connectivity index (χ2v) is 13.9. The molecular weight excluding hydrogens is 633 g/mol. The van der Waals surface area contributed by atoms with Gasteiger partial charge in [0.05, 0.1) is 9.79 Å². The molecule has 0 radical (unpaired) electrons. The largest absolute Gasteiger partial charge is 0.744 e. The number of allylic oxidation sites excluding steroid dienone is 5. The lowest BCUT2D eigenvalue weighted by Crippen LogP contribution is -2.22. The van der Waals surface area contributed by atoms with Crippen molar-refractivity contribution in [1.82, 2.24) is 0 Å². The third-order valence-electron chi connectivity index (χ3n) is 8.00. The maximum atomic E-state index is 11.6. The number of anilines is 1. The molecule has 242 valence electrons. The number of nitrogens with zero attached hydrogens (tertiary/aromatic N) is 2. The van der Waals surface area contributed by atoms with Crippen molar-refractivity contribution in [3.63, 3.8) is 0 Å². The van der Waals surface area contributed by atoms with Crippen LogP contribution in [0, 0.1) is 0 Å². The molecule has 1 aliphatic carbocycles. The molecule has 47 heavy (non-hydrogen) atoms. The van der Waals surface area contributed by atoms with Crippen LogP contribution in [0.3, 0.4) is 0 Å². The summed E-state index contributed by atoms with van der Waals surface area (Å²) in [5.41, 5.74) is 7.62. The van der Waals surface area contributed by atoms with E-state index in [4.69, 9.17) is 0 Å². The fourth-order valence-corrected chi connectivity index (χ4v) is 6.69. The van der Waals surface area contributed by atoms with Crippen LogP contribution in [0.25, 0.3) is 5.57 Å². The summed E-state index contributed by atoms with van der Waals surface area (Å²) in [7, 11) is -8.82. The fourth-order valence-electron chi connectivity index (χ4n) is 5.60. The quantitative estimate of drug-likeness (QED) is 0.144. The highest BCUT2D eigenvalue weighted by Crippen LogP contribution is 2.31. The van der Waals surface area contributed by atoms with E-state index in [1.165, 1.54) is 24.3 Å². The monoisotopic (exact) mass is 668 g/mol. The summed E-state index contributed by atoms with van der Waals surface area (Å²) in [5.74, 6) is 0. The van der Waals surface area contributed by atoms with Crippen LogP contribution in [-0.2, 0) is 33.3 Å². The summed E-state index contributed by atoms with van der Waals surface area (Å²) in [4.78, 5) is 1.76. The molecule has 1 aliphatic rings. The van der Waals surface area contributed by atoms with Gasteiger partial charge in [-0.05, 0) is 90.2 Å². The summed E-state index contributed by atoms with van der Waals surface area (Å²) < 4.78 is 69.5. The molecule has 4 aromatic carbocycles. The lowest BCUT2D eigenvalue weighted by molar-refractivity contribution is -0.539. The first-order valence-corrected chi connectivity index (χ1v) is 18.1. The number of rotatable bonds is 11. The average Bonchev–Trinajstić information content (AvgIpc) is 3.07. The Hall–Kier alpha value is -4.61. The normalized spacial score (nSPS) is 13.1. The van der Waals surface area contributed by atoms with Crippen molar-refractivity contribution in [3.8, 4) is 0 Å². The van der Waals surface area contributed by atoms with Gasteiger partial charge in [0.2, 0.25) is 0 Å². The smallest absolute Gasteiger partial charge is 0.294 e. The summed E-state index contributed by atoms with van der Waals surface area (Å²) in [6.45, 7) is 6.35. The predicted molar refractivity (Wildman–Crippen MR) is 184 cm³/mol. The first-order valence-electron chi connectivity index (χ1n) is 15.2. The molecule has 0 heterocycles. The van der Waals surface area contributed by atoms with E-state index in [0.29, 0.717) is 26.2 Å². The zero-order valence-corrected chi connectivity index (χ0v) is 27.8. The highest BCUT2D eigenvalue weighted by atomic mass is 32.2. The fraction of sp³-hybridized carbons (Fsp3) is 0.162. The van der Waals surface area contributed by atoms with Crippen LogP contribution in [0.2, 0.25) is 0 Å². The van der Waals surface area contributed by atoms with E-state index in [2.05, 4.69) is 58.0 Å². The molecule has 0 bridgehead atoms. The third-order valence-corrected chi connectivity index (χ3v) is 9.68. The van der Waals surface area contributed by atoms with Gasteiger partial charge >= 0.3 is 0 Å². The van der Waals surface area contributed by atoms with Crippen molar-refractivity contribution in [3.05, 3.63) is 155 Å². The molecule has 0 saturated heterocycles. The highest BCUT2D eigenvalue weighted by molar-refractivity contribution is 7.86. The molecular formula is C37H36N2O6S2. The Morgan fingerprint density at radius 1 is 0.723 bits per heavy atom. The number of hydrogen-bond donors (Lipinski definition) is 1. The van der Waals surface area contributed by atoms with E-state index in [9.17, 15) is 25.9 Å². The summed E-state index contributed by atoms with van der Waals surface area (Å²) in [5, 5.41) is 0. The van der Waals surface area contributed by atoms with Crippen LogP contribution < -0.4 is 4.90 Å². The second kappa shape index (κ2) is 14.4. The van der Waals surface area contributed by atoms with Gasteiger partial charge in [-0.3, -0.25) is 4.55 Å². The van der Waals surface area contributed by atoms with Gasteiger partial charge in [0.25, 0.3) is 10.1 Å². The van der Waals surface area contributed by atoms with E-state index in [0.717, 1.165) is 44.8 Å². The van der Waals surface area contributed by atoms with Crippen molar-refractivity contribution in [2.45, 2.75) is 36.7 Å². The van der Waals surface area contributed by atoms with Crippen molar-refractivity contribution in [2.24, 2.45) is 0 Å². The molecule has 0 amide bonds. The minimum absolute atomic E-state index is 0.125. The minimum Gasteiger partial charge on any atom is -0.744 e. The predicted octanol–water partition coefficient (Wildman–Crippen LogP) is 6.47. The van der Waals surface area contributed by atoms with Gasteiger partial charge in [-0.2, -0.15) is 8.42 Å².